The molecule has 0 bridgehead atoms. The molecule has 0 unspecified atom stereocenters. The second kappa shape index (κ2) is 12.5. The molecule has 1 saturated heterocycles. The minimum absolute atomic E-state index is 0.781. The Morgan fingerprint density at radius 1 is 1.09 bits per heavy atom. The molecule has 1 aliphatic heterocycles. The minimum atomic E-state index is 0.781. The lowest BCUT2D eigenvalue weighted by Crippen LogP contribution is -2.36. The second-order valence-electron chi connectivity index (χ2n) is 8.42. The van der Waals surface area contributed by atoms with Gasteiger partial charge >= 0.3 is 0 Å². The van der Waals surface area contributed by atoms with E-state index in [1.54, 1.807) is 0 Å². The molecule has 2 aromatic heterocycles. The second-order valence-corrected chi connectivity index (χ2v) is 8.42. The number of ether oxygens (including phenoxy) is 1. The highest BCUT2D eigenvalue weighted by molar-refractivity contribution is 6.08. The number of hydrogen-bond donors (Lipinski definition) is 2. The molecule has 3 N–H and O–H groups in total. The third-order valence-corrected chi connectivity index (χ3v) is 5.89. The number of H-pyrrole nitrogens is 1. The molecule has 5 rings (SSSR count). The number of pyridine rings is 1. The Kier molecular flexibility index (Phi) is 9.43. The number of aromatic amines is 1. The van der Waals surface area contributed by atoms with E-state index in [-0.39, 0.29) is 0 Å². The van der Waals surface area contributed by atoms with Crippen LogP contribution in [0.4, 0.5) is 5.69 Å². The van der Waals surface area contributed by atoms with Gasteiger partial charge in [-0.25, -0.2) is 4.98 Å². The van der Waals surface area contributed by atoms with Crippen LogP contribution in [0.25, 0.3) is 39.3 Å². The van der Waals surface area contributed by atoms with Crippen LogP contribution in [0, 0.1) is 0 Å². The van der Waals surface area contributed by atoms with Gasteiger partial charge in [0.2, 0.25) is 0 Å². The van der Waals surface area contributed by atoms with Crippen LogP contribution in [0.2, 0.25) is 0 Å². The van der Waals surface area contributed by atoms with E-state index < -0.39 is 0 Å². The Hall–Kier alpha value is -3.19. The SMILES string of the molecule is C=Cc1cc(-c2cccc(CN(C)C)c2)nc2c1[nH]c1cc(N3CCOCC3)ccc12.CC.CN. The van der Waals surface area contributed by atoms with E-state index in [1.807, 2.05) is 19.9 Å². The highest BCUT2D eigenvalue weighted by atomic mass is 16.5. The Balaban J connectivity index is 0.000000815. The van der Waals surface area contributed by atoms with Crippen molar-refractivity contribution in [3.05, 3.63) is 66.2 Å². The normalized spacial score (nSPS) is 13.3. The summed E-state index contributed by atoms with van der Waals surface area (Å²) in [6.07, 6.45) is 1.91. The van der Waals surface area contributed by atoms with E-state index in [0.717, 1.165) is 71.6 Å². The van der Waals surface area contributed by atoms with Gasteiger partial charge in [0.05, 0.1) is 35.5 Å². The summed E-state index contributed by atoms with van der Waals surface area (Å²) in [6.45, 7) is 12.4. The van der Waals surface area contributed by atoms with Crippen molar-refractivity contribution in [3.63, 3.8) is 0 Å². The molecular formula is C29H39N5O. The predicted octanol–water partition coefficient (Wildman–Crippen LogP) is 5.53. The Bertz CT molecular complexity index is 1250. The third-order valence-electron chi connectivity index (χ3n) is 5.89. The van der Waals surface area contributed by atoms with Gasteiger partial charge in [0.1, 0.15) is 0 Å². The summed E-state index contributed by atoms with van der Waals surface area (Å²) in [6, 6.07) is 17.4. The first kappa shape index (κ1) is 26.4. The minimum Gasteiger partial charge on any atom is -0.378 e. The van der Waals surface area contributed by atoms with Crippen molar-refractivity contribution in [2.75, 3.05) is 52.3 Å². The van der Waals surface area contributed by atoms with E-state index in [2.05, 4.69) is 89.7 Å². The van der Waals surface area contributed by atoms with Crippen LogP contribution in [-0.2, 0) is 11.3 Å². The molecule has 0 saturated carbocycles. The first-order valence-electron chi connectivity index (χ1n) is 12.4. The quantitative estimate of drug-likeness (QED) is 0.399. The number of aromatic nitrogens is 2. The molecule has 1 aliphatic rings. The van der Waals surface area contributed by atoms with Crippen LogP contribution >= 0.6 is 0 Å². The molecule has 35 heavy (non-hydrogen) atoms. The molecule has 0 atom stereocenters. The zero-order valence-corrected chi connectivity index (χ0v) is 21.8. The molecule has 0 radical (unpaired) electrons. The zero-order valence-electron chi connectivity index (χ0n) is 21.8. The van der Waals surface area contributed by atoms with E-state index in [1.165, 1.54) is 18.3 Å². The van der Waals surface area contributed by atoms with Gasteiger partial charge in [-0.2, -0.15) is 0 Å². The summed E-state index contributed by atoms with van der Waals surface area (Å²) in [5.41, 5.74) is 13.3. The van der Waals surface area contributed by atoms with E-state index in [9.17, 15) is 0 Å². The lowest BCUT2D eigenvalue weighted by atomic mass is 10.0. The number of hydrogen-bond acceptors (Lipinski definition) is 5. The van der Waals surface area contributed by atoms with E-state index in [4.69, 9.17) is 9.72 Å². The summed E-state index contributed by atoms with van der Waals surface area (Å²) in [5.74, 6) is 0. The van der Waals surface area contributed by atoms with Crippen molar-refractivity contribution < 1.29 is 4.74 Å². The number of fused-ring (bicyclic) bond motifs is 3. The van der Waals surface area contributed by atoms with Gasteiger partial charge < -0.3 is 25.3 Å². The van der Waals surface area contributed by atoms with Gasteiger partial charge in [0, 0.05) is 41.8 Å². The molecule has 4 aromatic rings. The van der Waals surface area contributed by atoms with Gasteiger partial charge in [-0.3, -0.25) is 0 Å². The fourth-order valence-corrected chi connectivity index (χ4v) is 4.39. The van der Waals surface area contributed by atoms with E-state index in [0.29, 0.717) is 0 Å². The predicted molar refractivity (Wildman–Crippen MR) is 151 cm³/mol. The molecule has 1 fully saturated rings. The van der Waals surface area contributed by atoms with Gasteiger partial charge in [0.25, 0.3) is 0 Å². The number of nitrogens with two attached hydrogens (primary N) is 1. The summed E-state index contributed by atoms with van der Waals surface area (Å²) in [5, 5.41) is 1.14. The fourth-order valence-electron chi connectivity index (χ4n) is 4.39. The highest BCUT2D eigenvalue weighted by Crippen LogP contribution is 2.33. The average Bonchev–Trinajstić information content (AvgIpc) is 3.28. The number of rotatable bonds is 5. The van der Waals surface area contributed by atoms with Crippen molar-refractivity contribution in [3.8, 4) is 11.3 Å². The smallest absolute Gasteiger partial charge is 0.0971 e. The summed E-state index contributed by atoms with van der Waals surface area (Å²) in [7, 11) is 5.67. The molecule has 6 nitrogen and oxygen atoms in total. The van der Waals surface area contributed by atoms with Gasteiger partial charge in [0.15, 0.2) is 0 Å². The number of nitrogens with one attached hydrogen (secondary N) is 1. The Labute approximate surface area is 209 Å². The van der Waals surface area contributed by atoms with Crippen molar-refractivity contribution in [1.29, 1.82) is 0 Å². The van der Waals surface area contributed by atoms with Crippen LogP contribution in [0.15, 0.2) is 55.1 Å². The number of anilines is 1. The Morgan fingerprint density at radius 3 is 2.51 bits per heavy atom. The maximum absolute atomic E-state index is 5.50. The topological polar surface area (TPSA) is 70.4 Å². The lowest BCUT2D eigenvalue weighted by molar-refractivity contribution is 0.122. The summed E-state index contributed by atoms with van der Waals surface area (Å²) >= 11 is 0. The van der Waals surface area contributed by atoms with E-state index >= 15 is 0 Å². The number of morpholine rings is 1. The molecule has 0 aliphatic carbocycles. The standard InChI is InChI=1S/C26H28N4O.C2H6.CH5N/c1-4-19-15-23(20-7-5-6-18(14-20)17-29(2)3)27-26-22-9-8-21(16-24(22)28-25(19)26)30-10-12-31-13-11-30;2*1-2/h4-9,14-16,28H,1,10-13,17H2,2-3H3;1-2H3;2H2,1H3. The summed E-state index contributed by atoms with van der Waals surface area (Å²) < 4.78 is 5.50. The van der Waals surface area contributed by atoms with Crippen LogP contribution in [0.1, 0.15) is 25.0 Å². The number of nitrogens with zero attached hydrogens (tertiary/aromatic N) is 3. The molecule has 6 heteroatoms. The summed E-state index contributed by atoms with van der Waals surface area (Å²) in [4.78, 5) is 13.2. The van der Waals surface area contributed by atoms with Gasteiger partial charge in [-0.15, -0.1) is 0 Å². The monoisotopic (exact) mass is 473 g/mol. The zero-order chi connectivity index (χ0) is 25.4. The maximum atomic E-state index is 5.50. The maximum Gasteiger partial charge on any atom is 0.0971 e. The molecular weight excluding hydrogens is 434 g/mol. The third kappa shape index (κ3) is 5.90. The van der Waals surface area contributed by atoms with Crippen molar-refractivity contribution in [2.24, 2.45) is 5.73 Å². The highest BCUT2D eigenvalue weighted by Gasteiger charge is 2.15. The average molecular weight is 474 g/mol. The first-order valence-corrected chi connectivity index (χ1v) is 12.4. The first-order chi connectivity index (χ1) is 17.1. The molecule has 3 heterocycles. The molecule has 0 spiro atoms. The van der Waals surface area contributed by atoms with Gasteiger partial charge in [-0.1, -0.05) is 44.7 Å². The van der Waals surface area contributed by atoms with Crippen molar-refractivity contribution >= 4 is 33.7 Å². The van der Waals surface area contributed by atoms with Crippen LogP contribution in [-0.4, -0.2) is 62.3 Å². The van der Waals surface area contributed by atoms with Crippen molar-refractivity contribution in [2.45, 2.75) is 20.4 Å². The Morgan fingerprint density at radius 2 is 1.83 bits per heavy atom. The fraction of sp³-hybridized carbons (Fsp3) is 0.345. The largest absolute Gasteiger partial charge is 0.378 e. The van der Waals surface area contributed by atoms with Crippen LogP contribution < -0.4 is 10.6 Å². The van der Waals surface area contributed by atoms with Gasteiger partial charge in [-0.05, 0) is 57.0 Å². The van der Waals surface area contributed by atoms with Crippen molar-refractivity contribution in [1.82, 2.24) is 14.9 Å². The van der Waals surface area contributed by atoms with Crippen LogP contribution in [0.3, 0.4) is 0 Å². The number of benzene rings is 2. The molecule has 186 valence electrons. The lowest BCUT2D eigenvalue weighted by Gasteiger charge is -2.28. The molecule has 0 amide bonds. The van der Waals surface area contributed by atoms with Crippen LogP contribution in [0.5, 0.6) is 0 Å². The molecule has 2 aromatic carbocycles.